The maximum absolute atomic E-state index is 11.1. The number of hydrogen-bond donors (Lipinski definition) is 3. The van der Waals surface area contributed by atoms with Crippen molar-refractivity contribution in [2.75, 3.05) is 5.73 Å². The Kier molecular flexibility index (Phi) is 1.19. The lowest BCUT2D eigenvalue weighted by Gasteiger charge is -1.95. The Morgan fingerprint density at radius 3 is 3.09 bits per heavy atom. The van der Waals surface area contributed by atoms with Gasteiger partial charge in [-0.3, -0.25) is 9.78 Å². The van der Waals surface area contributed by atoms with Crippen LogP contribution in [-0.2, 0) is 13.1 Å². The summed E-state index contributed by atoms with van der Waals surface area (Å²) in [5, 5.41) is 3.02. The topological polar surface area (TPSA) is 83.8 Å². The van der Waals surface area contributed by atoms with E-state index in [0.717, 1.165) is 5.69 Å². The fraction of sp³-hybridized carbons (Fsp3) is 0.333. The third kappa shape index (κ3) is 0.894. The minimum Gasteiger partial charge on any atom is -0.369 e. The van der Waals surface area contributed by atoms with Crippen LogP contribution in [0.15, 0.2) is 4.79 Å². The zero-order chi connectivity index (χ0) is 7.84. The molecular formula is C6H8N4O. The van der Waals surface area contributed by atoms with Crippen LogP contribution in [0.1, 0.15) is 11.3 Å². The Morgan fingerprint density at radius 1 is 1.45 bits per heavy atom. The van der Waals surface area contributed by atoms with E-state index in [0.29, 0.717) is 18.7 Å². The summed E-state index contributed by atoms with van der Waals surface area (Å²) in [7, 11) is 0. The van der Waals surface area contributed by atoms with E-state index >= 15 is 0 Å². The van der Waals surface area contributed by atoms with Gasteiger partial charge in [0.25, 0.3) is 5.56 Å². The van der Waals surface area contributed by atoms with Crippen LogP contribution in [0, 0.1) is 0 Å². The van der Waals surface area contributed by atoms with Crippen LogP contribution >= 0.6 is 0 Å². The van der Waals surface area contributed by atoms with Gasteiger partial charge >= 0.3 is 0 Å². The van der Waals surface area contributed by atoms with Crippen LogP contribution < -0.4 is 16.6 Å². The molecule has 2 rings (SSSR count). The molecule has 5 heteroatoms. The normalized spacial score (nSPS) is 14.9. The quantitative estimate of drug-likeness (QED) is 0.443. The average molecular weight is 152 g/mol. The number of nitrogen functional groups attached to an aromatic ring is 1. The second kappa shape index (κ2) is 2.06. The Labute approximate surface area is 62.6 Å². The summed E-state index contributed by atoms with van der Waals surface area (Å²) in [6, 6.07) is 0. The predicted octanol–water partition coefficient (Wildman–Crippen LogP) is -1.04. The van der Waals surface area contributed by atoms with Crippen molar-refractivity contribution in [1.29, 1.82) is 0 Å². The highest BCUT2D eigenvalue weighted by Gasteiger charge is 2.15. The molecule has 1 aromatic rings. The molecule has 1 aromatic heterocycles. The predicted molar refractivity (Wildman–Crippen MR) is 39.8 cm³/mol. The molecular weight excluding hydrogens is 144 g/mol. The minimum absolute atomic E-state index is 0.127. The van der Waals surface area contributed by atoms with Crippen LogP contribution in [-0.4, -0.2) is 9.97 Å². The summed E-state index contributed by atoms with van der Waals surface area (Å²) in [5.41, 5.74) is 6.69. The highest BCUT2D eigenvalue weighted by atomic mass is 16.1. The molecule has 0 spiro atoms. The first-order valence-electron chi connectivity index (χ1n) is 3.35. The van der Waals surface area contributed by atoms with Crippen LogP contribution in [0.25, 0.3) is 0 Å². The smallest absolute Gasteiger partial charge is 0.257 e. The van der Waals surface area contributed by atoms with Crippen molar-refractivity contribution in [1.82, 2.24) is 15.3 Å². The van der Waals surface area contributed by atoms with E-state index in [2.05, 4.69) is 15.3 Å². The number of H-pyrrole nitrogens is 1. The van der Waals surface area contributed by atoms with E-state index in [1.54, 1.807) is 0 Å². The molecule has 0 saturated heterocycles. The summed E-state index contributed by atoms with van der Waals surface area (Å²) in [4.78, 5) is 17.5. The lowest BCUT2D eigenvalue weighted by Crippen LogP contribution is -2.16. The summed E-state index contributed by atoms with van der Waals surface area (Å²) in [5.74, 6) is 0.192. The number of rotatable bonds is 0. The molecule has 0 aromatic carbocycles. The molecule has 1 aliphatic rings. The van der Waals surface area contributed by atoms with Gasteiger partial charge in [0.2, 0.25) is 5.95 Å². The molecule has 0 atom stereocenters. The summed E-state index contributed by atoms with van der Waals surface area (Å²) < 4.78 is 0. The molecule has 2 heterocycles. The standard InChI is InChI=1S/C6H8N4O/c7-6-9-4-2-8-1-3(4)5(11)10-6/h8H,1-2H2,(H3,7,9,10,11). The van der Waals surface area contributed by atoms with Gasteiger partial charge in [0.1, 0.15) is 0 Å². The molecule has 0 unspecified atom stereocenters. The SMILES string of the molecule is Nc1nc2c(c(=O)[nH]1)CNC2. The molecule has 1 aliphatic heterocycles. The average Bonchev–Trinajstić information content (AvgIpc) is 2.34. The van der Waals surface area contributed by atoms with Crippen molar-refractivity contribution in [2.24, 2.45) is 0 Å². The molecule has 0 amide bonds. The third-order valence-electron chi connectivity index (χ3n) is 1.71. The first-order valence-corrected chi connectivity index (χ1v) is 3.35. The molecule has 0 saturated carbocycles. The van der Waals surface area contributed by atoms with Gasteiger partial charge in [0.15, 0.2) is 0 Å². The van der Waals surface area contributed by atoms with Crippen molar-refractivity contribution < 1.29 is 0 Å². The number of aromatic nitrogens is 2. The molecule has 5 nitrogen and oxygen atoms in total. The fourth-order valence-corrected chi connectivity index (χ4v) is 1.20. The van der Waals surface area contributed by atoms with Crippen LogP contribution in [0.3, 0.4) is 0 Å². The second-order valence-electron chi connectivity index (χ2n) is 2.48. The maximum Gasteiger partial charge on any atom is 0.257 e. The number of hydrogen-bond acceptors (Lipinski definition) is 4. The number of anilines is 1. The van der Waals surface area contributed by atoms with Gasteiger partial charge in [0, 0.05) is 13.1 Å². The number of nitrogens with zero attached hydrogens (tertiary/aromatic N) is 1. The van der Waals surface area contributed by atoms with Gasteiger partial charge < -0.3 is 11.1 Å². The summed E-state index contributed by atoms with van der Waals surface area (Å²) >= 11 is 0. The van der Waals surface area contributed by atoms with Crippen molar-refractivity contribution in [3.8, 4) is 0 Å². The minimum atomic E-state index is -0.127. The zero-order valence-corrected chi connectivity index (χ0v) is 5.85. The van der Waals surface area contributed by atoms with E-state index in [-0.39, 0.29) is 11.5 Å². The number of aromatic amines is 1. The Morgan fingerprint density at radius 2 is 2.27 bits per heavy atom. The molecule has 0 radical (unpaired) electrons. The number of fused-ring (bicyclic) bond motifs is 1. The van der Waals surface area contributed by atoms with E-state index in [4.69, 9.17) is 5.73 Å². The molecule has 11 heavy (non-hydrogen) atoms. The van der Waals surface area contributed by atoms with Gasteiger partial charge in [-0.05, 0) is 0 Å². The maximum atomic E-state index is 11.1. The second-order valence-corrected chi connectivity index (χ2v) is 2.48. The summed E-state index contributed by atoms with van der Waals surface area (Å²) in [6.07, 6.45) is 0. The lowest BCUT2D eigenvalue weighted by molar-refractivity contribution is 0.757. The molecule has 4 N–H and O–H groups in total. The Bertz CT molecular complexity index is 343. The molecule has 0 bridgehead atoms. The van der Waals surface area contributed by atoms with Gasteiger partial charge in [0.05, 0.1) is 11.3 Å². The highest BCUT2D eigenvalue weighted by molar-refractivity contribution is 5.27. The Balaban J connectivity index is 2.70. The number of nitrogens with one attached hydrogen (secondary N) is 2. The number of nitrogens with two attached hydrogens (primary N) is 1. The van der Waals surface area contributed by atoms with Crippen LogP contribution in [0.2, 0.25) is 0 Å². The van der Waals surface area contributed by atoms with Crippen molar-refractivity contribution >= 4 is 5.95 Å². The van der Waals surface area contributed by atoms with Gasteiger partial charge in [-0.25, -0.2) is 4.98 Å². The van der Waals surface area contributed by atoms with Gasteiger partial charge in [-0.2, -0.15) is 0 Å². The molecule has 58 valence electrons. The summed E-state index contributed by atoms with van der Waals surface area (Å²) in [6.45, 7) is 1.24. The van der Waals surface area contributed by atoms with Crippen molar-refractivity contribution in [3.05, 3.63) is 21.6 Å². The largest absolute Gasteiger partial charge is 0.369 e. The van der Waals surface area contributed by atoms with E-state index in [1.807, 2.05) is 0 Å². The molecule has 0 fully saturated rings. The van der Waals surface area contributed by atoms with E-state index in [9.17, 15) is 4.79 Å². The van der Waals surface area contributed by atoms with E-state index < -0.39 is 0 Å². The van der Waals surface area contributed by atoms with Gasteiger partial charge in [-0.15, -0.1) is 0 Å². The van der Waals surface area contributed by atoms with Crippen molar-refractivity contribution in [2.45, 2.75) is 13.1 Å². The van der Waals surface area contributed by atoms with Crippen LogP contribution in [0.5, 0.6) is 0 Å². The first kappa shape index (κ1) is 6.36. The monoisotopic (exact) mass is 152 g/mol. The van der Waals surface area contributed by atoms with Crippen LogP contribution in [0.4, 0.5) is 5.95 Å². The zero-order valence-electron chi connectivity index (χ0n) is 5.85. The Hall–Kier alpha value is -1.36. The third-order valence-corrected chi connectivity index (χ3v) is 1.71. The fourth-order valence-electron chi connectivity index (χ4n) is 1.20. The highest BCUT2D eigenvalue weighted by Crippen LogP contribution is 2.07. The van der Waals surface area contributed by atoms with Crippen molar-refractivity contribution in [3.63, 3.8) is 0 Å². The van der Waals surface area contributed by atoms with E-state index in [1.165, 1.54) is 0 Å². The molecule has 0 aliphatic carbocycles. The van der Waals surface area contributed by atoms with Gasteiger partial charge in [-0.1, -0.05) is 0 Å². The lowest BCUT2D eigenvalue weighted by atomic mass is 10.3. The first-order chi connectivity index (χ1) is 5.27.